The number of anilines is 1. The van der Waals surface area contributed by atoms with Crippen molar-refractivity contribution in [1.82, 2.24) is 0 Å². The summed E-state index contributed by atoms with van der Waals surface area (Å²) in [5, 5.41) is 9.11. The summed E-state index contributed by atoms with van der Waals surface area (Å²) in [7, 11) is -2.24. The second-order valence-electron chi connectivity index (χ2n) is 4.23. The molecule has 0 fully saturated rings. The van der Waals surface area contributed by atoms with E-state index in [1.54, 1.807) is 26.0 Å². The average molecular weight is 287 g/mol. The predicted molar refractivity (Wildman–Crippen MR) is 72.0 cm³/mol. The van der Waals surface area contributed by atoms with Crippen LogP contribution >= 0.6 is 0 Å². The fraction of sp³-hybridized carbons (Fsp3) is 0.417. The number of aryl methyl sites for hydroxylation is 1. The van der Waals surface area contributed by atoms with Crippen molar-refractivity contribution in [2.75, 3.05) is 17.6 Å². The van der Waals surface area contributed by atoms with Gasteiger partial charge in [-0.25, -0.2) is 13.2 Å². The third kappa shape index (κ3) is 4.22. The highest BCUT2D eigenvalue weighted by Gasteiger charge is 2.20. The SMILES string of the molecule is COC(C)CS(=O)(=O)Nc1cccc(C)c1C(=O)O. The largest absolute Gasteiger partial charge is 0.478 e. The molecule has 0 saturated carbocycles. The van der Waals surface area contributed by atoms with Gasteiger partial charge in [0, 0.05) is 7.11 Å². The smallest absolute Gasteiger partial charge is 0.338 e. The maximum atomic E-state index is 11.9. The number of rotatable bonds is 6. The minimum absolute atomic E-state index is 0.0452. The average Bonchev–Trinajstić information content (AvgIpc) is 2.26. The Kier molecular flexibility index (Phi) is 4.90. The molecular weight excluding hydrogens is 270 g/mol. The van der Waals surface area contributed by atoms with Crippen LogP contribution in [0.3, 0.4) is 0 Å². The molecule has 1 aromatic carbocycles. The van der Waals surface area contributed by atoms with Gasteiger partial charge in [-0.2, -0.15) is 0 Å². The van der Waals surface area contributed by atoms with Gasteiger partial charge in [0.1, 0.15) is 0 Å². The summed E-state index contributed by atoms with van der Waals surface area (Å²) >= 11 is 0. The van der Waals surface area contributed by atoms with E-state index in [9.17, 15) is 13.2 Å². The zero-order valence-corrected chi connectivity index (χ0v) is 11.8. The van der Waals surface area contributed by atoms with Crippen molar-refractivity contribution >= 4 is 21.7 Å². The molecule has 19 heavy (non-hydrogen) atoms. The molecular formula is C12H17NO5S. The number of aromatic carboxylic acids is 1. The van der Waals surface area contributed by atoms with Crippen molar-refractivity contribution in [1.29, 1.82) is 0 Å². The number of sulfonamides is 1. The van der Waals surface area contributed by atoms with Crippen LogP contribution in [0.5, 0.6) is 0 Å². The van der Waals surface area contributed by atoms with Crippen LogP contribution in [0.15, 0.2) is 18.2 Å². The van der Waals surface area contributed by atoms with Gasteiger partial charge in [0.2, 0.25) is 10.0 Å². The van der Waals surface area contributed by atoms with Gasteiger partial charge in [0.15, 0.2) is 0 Å². The van der Waals surface area contributed by atoms with Gasteiger partial charge >= 0.3 is 5.97 Å². The van der Waals surface area contributed by atoms with Crippen LogP contribution < -0.4 is 4.72 Å². The van der Waals surface area contributed by atoms with E-state index < -0.39 is 22.1 Å². The molecule has 1 unspecified atom stereocenters. The minimum Gasteiger partial charge on any atom is -0.478 e. The number of hydrogen-bond acceptors (Lipinski definition) is 4. The molecule has 1 rings (SSSR count). The van der Waals surface area contributed by atoms with E-state index in [1.165, 1.54) is 13.2 Å². The van der Waals surface area contributed by atoms with Crippen LogP contribution in [-0.2, 0) is 14.8 Å². The van der Waals surface area contributed by atoms with Crippen molar-refractivity contribution in [3.05, 3.63) is 29.3 Å². The molecule has 0 aromatic heterocycles. The summed E-state index contributed by atoms with van der Waals surface area (Å²) < 4.78 is 30.9. The van der Waals surface area contributed by atoms with Crippen LogP contribution in [0, 0.1) is 6.92 Å². The molecule has 0 aliphatic heterocycles. The number of ether oxygens (including phenoxy) is 1. The highest BCUT2D eigenvalue weighted by Crippen LogP contribution is 2.21. The van der Waals surface area contributed by atoms with Crippen LogP contribution in [0.4, 0.5) is 5.69 Å². The Morgan fingerprint density at radius 1 is 1.47 bits per heavy atom. The van der Waals surface area contributed by atoms with E-state index in [2.05, 4.69) is 4.72 Å². The molecule has 0 heterocycles. The Morgan fingerprint density at radius 2 is 2.11 bits per heavy atom. The van der Waals surface area contributed by atoms with E-state index in [1.807, 2.05) is 0 Å². The zero-order valence-electron chi connectivity index (χ0n) is 11.0. The first-order valence-corrected chi connectivity index (χ1v) is 7.28. The lowest BCUT2D eigenvalue weighted by Gasteiger charge is -2.14. The van der Waals surface area contributed by atoms with Crippen molar-refractivity contribution in [3.63, 3.8) is 0 Å². The summed E-state index contributed by atoms with van der Waals surface area (Å²) in [6.45, 7) is 3.23. The molecule has 106 valence electrons. The molecule has 0 spiro atoms. The van der Waals surface area contributed by atoms with Crippen molar-refractivity contribution in [2.45, 2.75) is 20.0 Å². The normalized spacial score (nSPS) is 13.0. The second-order valence-corrected chi connectivity index (χ2v) is 6.00. The highest BCUT2D eigenvalue weighted by molar-refractivity contribution is 7.92. The van der Waals surface area contributed by atoms with Gasteiger partial charge < -0.3 is 9.84 Å². The standard InChI is InChI=1S/C12H17NO5S/c1-8-5-4-6-10(11(8)12(14)15)13-19(16,17)7-9(2)18-3/h4-6,9,13H,7H2,1-3H3,(H,14,15). The third-order valence-corrected chi connectivity index (χ3v) is 4.05. The van der Waals surface area contributed by atoms with Crippen molar-refractivity contribution in [3.8, 4) is 0 Å². The Hall–Kier alpha value is -1.60. The van der Waals surface area contributed by atoms with E-state index >= 15 is 0 Å². The Morgan fingerprint density at radius 3 is 2.63 bits per heavy atom. The summed E-state index contributed by atoms with van der Waals surface area (Å²) in [4.78, 5) is 11.1. The molecule has 2 N–H and O–H groups in total. The van der Waals surface area contributed by atoms with Crippen molar-refractivity contribution < 1.29 is 23.1 Å². The summed E-state index contributed by atoms with van der Waals surface area (Å²) in [6.07, 6.45) is -0.476. The first-order chi connectivity index (χ1) is 8.76. The van der Waals surface area contributed by atoms with Crippen LogP contribution in [-0.4, -0.2) is 38.5 Å². The summed E-state index contributed by atoms with van der Waals surface area (Å²) in [5.74, 6) is -1.41. The highest BCUT2D eigenvalue weighted by atomic mass is 32.2. The molecule has 0 aliphatic rings. The van der Waals surface area contributed by atoms with Gasteiger partial charge in [0.05, 0.1) is 23.1 Å². The predicted octanol–water partition coefficient (Wildman–Crippen LogP) is 1.47. The number of carboxylic acids is 1. The molecule has 0 aliphatic carbocycles. The van der Waals surface area contributed by atoms with Crippen LogP contribution in [0.1, 0.15) is 22.8 Å². The fourth-order valence-corrected chi connectivity index (χ4v) is 2.97. The summed E-state index contributed by atoms with van der Waals surface area (Å²) in [5.41, 5.74) is 0.513. The number of hydrogen-bond donors (Lipinski definition) is 2. The molecule has 7 heteroatoms. The second kappa shape index (κ2) is 6.03. The first-order valence-electron chi connectivity index (χ1n) is 5.63. The van der Waals surface area contributed by atoms with Crippen LogP contribution in [0.25, 0.3) is 0 Å². The number of benzene rings is 1. The molecule has 1 aromatic rings. The maximum absolute atomic E-state index is 11.9. The van der Waals surface area contributed by atoms with Gasteiger partial charge in [-0.15, -0.1) is 0 Å². The molecule has 1 atom stereocenters. The number of methoxy groups -OCH3 is 1. The first kappa shape index (κ1) is 15.5. The summed E-state index contributed by atoms with van der Waals surface area (Å²) in [6, 6.07) is 4.63. The number of carbonyl (C=O) groups is 1. The lowest BCUT2D eigenvalue weighted by molar-refractivity contribution is 0.0697. The number of nitrogens with one attached hydrogen (secondary N) is 1. The molecule has 0 amide bonds. The van der Waals surface area contributed by atoms with E-state index in [0.29, 0.717) is 5.56 Å². The lowest BCUT2D eigenvalue weighted by Crippen LogP contribution is -2.26. The Balaban J connectivity index is 3.06. The Labute approximate surface area is 112 Å². The fourth-order valence-electron chi connectivity index (χ4n) is 1.62. The molecule has 6 nitrogen and oxygen atoms in total. The minimum atomic E-state index is -3.66. The molecule has 0 radical (unpaired) electrons. The van der Waals surface area contributed by atoms with Gasteiger partial charge in [0.25, 0.3) is 0 Å². The number of carboxylic acid groups (broad SMARTS) is 1. The Bertz CT molecular complexity index is 567. The van der Waals surface area contributed by atoms with E-state index in [0.717, 1.165) is 0 Å². The lowest BCUT2D eigenvalue weighted by atomic mass is 10.1. The van der Waals surface area contributed by atoms with Crippen molar-refractivity contribution in [2.24, 2.45) is 0 Å². The van der Waals surface area contributed by atoms with Crippen LogP contribution in [0.2, 0.25) is 0 Å². The quantitative estimate of drug-likeness (QED) is 0.826. The monoisotopic (exact) mass is 287 g/mol. The van der Waals surface area contributed by atoms with E-state index in [-0.39, 0.29) is 17.0 Å². The zero-order chi connectivity index (χ0) is 14.6. The molecule has 0 bridgehead atoms. The van der Waals surface area contributed by atoms with Gasteiger partial charge in [-0.05, 0) is 25.5 Å². The van der Waals surface area contributed by atoms with E-state index in [4.69, 9.17) is 9.84 Å². The topological polar surface area (TPSA) is 92.7 Å². The van der Waals surface area contributed by atoms with Gasteiger partial charge in [-0.1, -0.05) is 12.1 Å². The third-order valence-electron chi connectivity index (χ3n) is 2.61. The van der Waals surface area contributed by atoms with Gasteiger partial charge in [-0.3, -0.25) is 4.72 Å². The maximum Gasteiger partial charge on any atom is 0.338 e. The molecule has 0 saturated heterocycles.